The van der Waals surface area contributed by atoms with Gasteiger partial charge in [-0.3, -0.25) is 4.79 Å². The number of hydrogen-bond acceptors (Lipinski definition) is 3. The van der Waals surface area contributed by atoms with Crippen molar-refractivity contribution in [3.8, 4) is 0 Å². The average Bonchev–Trinajstić information content (AvgIpc) is 2.87. The Morgan fingerprint density at radius 3 is 2.80 bits per heavy atom. The molecule has 20 heavy (non-hydrogen) atoms. The monoisotopic (exact) mass is 276 g/mol. The SMILES string of the molecule is Cc1ccccc1N(CCCN)C(=O)C1COC(C)C1. The second-order valence-corrected chi connectivity index (χ2v) is 5.50. The van der Waals surface area contributed by atoms with Gasteiger partial charge in [0.2, 0.25) is 5.91 Å². The van der Waals surface area contributed by atoms with Crippen LogP contribution in [0.1, 0.15) is 25.3 Å². The summed E-state index contributed by atoms with van der Waals surface area (Å²) < 4.78 is 5.54. The van der Waals surface area contributed by atoms with E-state index in [0.29, 0.717) is 19.7 Å². The fraction of sp³-hybridized carbons (Fsp3) is 0.562. The first-order valence-corrected chi connectivity index (χ1v) is 7.32. The molecule has 1 aliphatic rings. The first kappa shape index (κ1) is 15.0. The summed E-state index contributed by atoms with van der Waals surface area (Å²) in [5.74, 6) is 0.138. The molecule has 1 saturated heterocycles. The fourth-order valence-corrected chi connectivity index (χ4v) is 2.67. The number of nitrogens with two attached hydrogens (primary N) is 1. The molecular weight excluding hydrogens is 252 g/mol. The maximum absolute atomic E-state index is 12.8. The normalized spacial score (nSPS) is 21.9. The number of anilines is 1. The maximum Gasteiger partial charge on any atom is 0.232 e. The van der Waals surface area contributed by atoms with E-state index in [1.54, 1.807) is 0 Å². The zero-order valence-electron chi connectivity index (χ0n) is 12.3. The lowest BCUT2D eigenvalue weighted by Crippen LogP contribution is -2.38. The summed E-state index contributed by atoms with van der Waals surface area (Å²) >= 11 is 0. The molecule has 1 aromatic rings. The smallest absolute Gasteiger partial charge is 0.232 e. The number of ether oxygens (including phenoxy) is 1. The summed E-state index contributed by atoms with van der Waals surface area (Å²) in [5, 5.41) is 0. The number of aryl methyl sites for hydroxylation is 1. The van der Waals surface area contributed by atoms with Gasteiger partial charge in [0.15, 0.2) is 0 Å². The van der Waals surface area contributed by atoms with Gasteiger partial charge in [-0.05, 0) is 44.9 Å². The van der Waals surface area contributed by atoms with Crippen molar-refractivity contribution in [3.05, 3.63) is 29.8 Å². The van der Waals surface area contributed by atoms with Gasteiger partial charge in [-0.2, -0.15) is 0 Å². The second-order valence-electron chi connectivity index (χ2n) is 5.50. The Morgan fingerprint density at radius 1 is 1.45 bits per heavy atom. The third kappa shape index (κ3) is 3.38. The standard InChI is InChI=1S/C16H24N2O2/c1-12-6-3-4-7-15(12)18(9-5-8-17)16(19)14-10-13(2)20-11-14/h3-4,6-7,13-14H,5,8-11,17H2,1-2H3. The minimum Gasteiger partial charge on any atom is -0.378 e. The van der Waals surface area contributed by atoms with Gasteiger partial charge in [0.1, 0.15) is 0 Å². The van der Waals surface area contributed by atoms with Crippen LogP contribution < -0.4 is 10.6 Å². The van der Waals surface area contributed by atoms with Crippen molar-refractivity contribution in [2.45, 2.75) is 32.8 Å². The van der Waals surface area contributed by atoms with E-state index in [0.717, 1.165) is 24.1 Å². The summed E-state index contributed by atoms with van der Waals surface area (Å²) in [6.45, 7) is 5.85. The van der Waals surface area contributed by atoms with E-state index in [1.165, 1.54) is 0 Å². The van der Waals surface area contributed by atoms with Crippen LogP contribution in [0.15, 0.2) is 24.3 Å². The first-order valence-electron chi connectivity index (χ1n) is 7.32. The Labute approximate surface area is 120 Å². The Hall–Kier alpha value is -1.39. The van der Waals surface area contributed by atoms with Crippen LogP contribution in [0.25, 0.3) is 0 Å². The van der Waals surface area contributed by atoms with E-state index in [1.807, 2.05) is 43.0 Å². The number of nitrogens with zero attached hydrogens (tertiary/aromatic N) is 1. The molecule has 1 amide bonds. The van der Waals surface area contributed by atoms with E-state index in [4.69, 9.17) is 10.5 Å². The molecule has 2 atom stereocenters. The first-order chi connectivity index (χ1) is 9.63. The molecule has 4 nitrogen and oxygen atoms in total. The van der Waals surface area contributed by atoms with E-state index < -0.39 is 0 Å². The molecule has 0 aliphatic carbocycles. The van der Waals surface area contributed by atoms with E-state index in [2.05, 4.69) is 0 Å². The highest BCUT2D eigenvalue weighted by Gasteiger charge is 2.32. The third-order valence-electron chi connectivity index (χ3n) is 3.81. The highest BCUT2D eigenvalue weighted by atomic mass is 16.5. The van der Waals surface area contributed by atoms with Gasteiger partial charge in [0.05, 0.1) is 18.6 Å². The van der Waals surface area contributed by atoms with E-state index in [9.17, 15) is 4.79 Å². The third-order valence-corrected chi connectivity index (χ3v) is 3.81. The number of benzene rings is 1. The fourth-order valence-electron chi connectivity index (χ4n) is 2.67. The molecule has 1 aliphatic heterocycles. The lowest BCUT2D eigenvalue weighted by atomic mass is 10.0. The molecule has 1 heterocycles. The number of hydrogen-bond donors (Lipinski definition) is 1. The zero-order valence-corrected chi connectivity index (χ0v) is 12.3. The van der Waals surface area contributed by atoms with Gasteiger partial charge in [-0.15, -0.1) is 0 Å². The Bertz CT molecular complexity index is 462. The van der Waals surface area contributed by atoms with Crippen molar-refractivity contribution in [1.29, 1.82) is 0 Å². The van der Waals surface area contributed by atoms with Crippen molar-refractivity contribution in [2.24, 2.45) is 11.7 Å². The topological polar surface area (TPSA) is 55.6 Å². The highest BCUT2D eigenvalue weighted by molar-refractivity contribution is 5.96. The molecule has 0 saturated carbocycles. The second kappa shape index (κ2) is 6.86. The van der Waals surface area contributed by atoms with Gasteiger partial charge >= 0.3 is 0 Å². The summed E-state index contributed by atoms with van der Waals surface area (Å²) in [6.07, 6.45) is 1.80. The average molecular weight is 276 g/mol. The largest absolute Gasteiger partial charge is 0.378 e. The Kier molecular flexibility index (Phi) is 5.15. The van der Waals surface area contributed by atoms with E-state index in [-0.39, 0.29) is 17.9 Å². The lowest BCUT2D eigenvalue weighted by molar-refractivity contribution is -0.122. The van der Waals surface area contributed by atoms with Crippen LogP contribution in [0.2, 0.25) is 0 Å². The van der Waals surface area contributed by atoms with E-state index >= 15 is 0 Å². The van der Waals surface area contributed by atoms with Gasteiger partial charge in [-0.25, -0.2) is 0 Å². The van der Waals surface area contributed by atoms with Crippen LogP contribution in [0.4, 0.5) is 5.69 Å². The molecular formula is C16H24N2O2. The molecule has 0 bridgehead atoms. The van der Waals surface area contributed by atoms with Crippen molar-refractivity contribution in [1.82, 2.24) is 0 Å². The van der Waals surface area contributed by atoms with Crippen LogP contribution in [0, 0.1) is 12.8 Å². The van der Waals surface area contributed by atoms with Crippen LogP contribution >= 0.6 is 0 Å². The Morgan fingerprint density at radius 2 is 2.20 bits per heavy atom. The lowest BCUT2D eigenvalue weighted by Gasteiger charge is -2.26. The maximum atomic E-state index is 12.8. The summed E-state index contributed by atoms with van der Waals surface area (Å²) in [4.78, 5) is 14.6. The zero-order chi connectivity index (χ0) is 14.5. The number of para-hydroxylation sites is 1. The number of carbonyl (C=O) groups is 1. The Balaban J connectivity index is 2.19. The predicted molar refractivity (Wildman–Crippen MR) is 80.7 cm³/mol. The highest BCUT2D eigenvalue weighted by Crippen LogP contribution is 2.26. The molecule has 2 N–H and O–H groups in total. The molecule has 0 aromatic heterocycles. The van der Waals surface area contributed by atoms with Crippen molar-refractivity contribution in [2.75, 3.05) is 24.6 Å². The molecule has 1 fully saturated rings. The molecule has 0 radical (unpaired) electrons. The van der Waals surface area contributed by atoms with Gasteiger partial charge in [-0.1, -0.05) is 18.2 Å². The van der Waals surface area contributed by atoms with Crippen molar-refractivity contribution >= 4 is 11.6 Å². The summed E-state index contributed by atoms with van der Waals surface area (Å²) in [5.41, 5.74) is 7.71. The molecule has 4 heteroatoms. The van der Waals surface area contributed by atoms with Gasteiger partial charge < -0.3 is 15.4 Å². The molecule has 110 valence electrons. The molecule has 0 spiro atoms. The minimum atomic E-state index is -0.0256. The number of amides is 1. The predicted octanol–water partition coefficient (Wildman–Crippen LogP) is 2.10. The quantitative estimate of drug-likeness (QED) is 0.896. The van der Waals surface area contributed by atoms with Crippen LogP contribution in [-0.4, -0.2) is 31.7 Å². The molecule has 2 unspecified atom stereocenters. The van der Waals surface area contributed by atoms with Gasteiger partial charge in [0, 0.05) is 12.2 Å². The van der Waals surface area contributed by atoms with Crippen molar-refractivity contribution < 1.29 is 9.53 Å². The number of rotatable bonds is 5. The van der Waals surface area contributed by atoms with Crippen LogP contribution in [-0.2, 0) is 9.53 Å². The van der Waals surface area contributed by atoms with Gasteiger partial charge in [0.25, 0.3) is 0 Å². The summed E-state index contributed by atoms with van der Waals surface area (Å²) in [6, 6.07) is 8.00. The van der Waals surface area contributed by atoms with Crippen molar-refractivity contribution in [3.63, 3.8) is 0 Å². The van der Waals surface area contributed by atoms with Crippen LogP contribution in [0.5, 0.6) is 0 Å². The molecule has 2 rings (SSSR count). The number of carbonyl (C=O) groups excluding carboxylic acids is 1. The minimum absolute atomic E-state index is 0.0256. The molecule has 1 aromatic carbocycles. The van der Waals surface area contributed by atoms with Crippen LogP contribution in [0.3, 0.4) is 0 Å². The summed E-state index contributed by atoms with van der Waals surface area (Å²) in [7, 11) is 0.